The van der Waals surface area contributed by atoms with E-state index in [1.54, 1.807) is 18.2 Å². The first kappa shape index (κ1) is 11.5. The van der Waals surface area contributed by atoms with Gasteiger partial charge in [-0.1, -0.05) is 0 Å². The average Bonchev–Trinajstić information content (AvgIpc) is 3.06. The zero-order chi connectivity index (χ0) is 13.4. The number of H-pyrrole nitrogens is 1. The molecule has 5 nitrogen and oxygen atoms in total. The van der Waals surface area contributed by atoms with Crippen molar-refractivity contribution in [2.75, 3.05) is 6.61 Å². The Morgan fingerprint density at radius 2 is 2.05 bits per heavy atom. The summed E-state index contributed by atoms with van der Waals surface area (Å²) in [5, 5.41) is 8.82. The Morgan fingerprint density at radius 3 is 2.79 bits per heavy atom. The molecule has 5 heteroatoms. The standard InChI is InChI=1S/C14H11NO4/c16-13(10-6-11(14(17)18)15-7-10)9-1-2-12-8(5-9)3-4-19-12/h1-2,5-7,15H,3-4H2,(H,17,18). The van der Waals surface area contributed by atoms with E-state index >= 15 is 0 Å². The van der Waals surface area contributed by atoms with Crippen molar-refractivity contribution >= 4 is 11.8 Å². The van der Waals surface area contributed by atoms with Crippen LogP contribution >= 0.6 is 0 Å². The highest BCUT2D eigenvalue weighted by atomic mass is 16.5. The molecule has 0 atom stereocenters. The molecule has 0 radical (unpaired) electrons. The number of hydrogen-bond donors (Lipinski definition) is 2. The van der Waals surface area contributed by atoms with Gasteiger partial charge in [-0.25, -0.2) is 4.79 Å². The SMILES string of the molecule is O=C(c1c[nH]c(C(=O)O)c1)c1ccc2c(c1)CCO2. The number of hydrogen-bond acceptors (Lipinski definition) is 3. The number of nitrogens with one attached hydrogen (secondary N) is 1. The molecule has 0 spiro atoms. The highest BCUT2D eigenvalue weighted by Crippen LogP contribution is 2.26. The highest BCUT2D eigenvalue weighted by molar-refractivity contribution is 6.10. The van der Waals surface area contributed by atoms with E-state index in [-0.39, 0.29) is 11.5 Å². The molecule has 1 aromatic carbocycles. The summed E-state index contributed by atoms with van der Waals surface area (Å²) in [4.78, 5) is 25.6. The topological polar surface area (TPSA) is 79.4 Å². The normalized spacial score (nSPS) is 12.8. The molecule has 0 saturated heterocycles. The van der Waals surface area contributed by atoms with Crippen molar-refractivity contribution in [2.24, 2.45) is 0 Å². The fourth-order valence-corrected chi connectivity index (χ4v) is 2.14. The second-order valence-electron chi connectivity index (χ2n) is 4.36. The van der Waals surface area contributed by atoms with Crippen molar-refractivity contribution in [1.29, 1.82) is 0 Å². The number of carbonyl (C=O) groups excluding carboxylic acids is 1. The van der Waals surface area contributed by atoms with Gasteiger partial charge in [0.1, 0.15) is 11.4 Å². The first-order valence-electron chi connectivity index (χ1n) is 5.87. The maximum atomic E-state index is 12.2. The van der Waals surface area contributed by atoms with Crippen LogP contribution in [-0.2, 0) is 6.42 Å². The number of aromatic amines is 1. The number of aromatic carboxylic acids is 1. The first-order chi connectivity index (χ1) is 9.15. The van der Waals surface area contributed by atoms with Crippen LogP contribution < -0.4 is 4.74 Å². The van der Waals surface area contributed by atoms with Gasteiger partial charge >= 0.3 is 5.97 Å². The molecule has 1 aliphatic rings. The molecule has 19 heavy (non-hydrogen) atoms. The summed E-state index contributed by atoms with van der Waals surface area (Å²) in [6.07, 6.45) is 2.21. The van der Waals surface area contributed by atoms with Crippen molar-refractivity contribution in [3.05, 3.63) is 52.8 Å². The van der Waals surface area contributed by atoms with E-state index in [2.05, 4.69) is 4.98 Å². The van der Waals surface area contributed by atoms with Crippen molar-refractivity contribution in [1.82, 2.24) is 4.98 Å². The van der Waals surface area contributed by atoms with Crippen molar-refractivity contribution in [2.45, 2.75) is 6.42 Å². The molecule has 1 aromatic heterocycles. The molecular formula is C14H11NO4. The van der Waals surface area contributed by atoms with Crippen molar-refractivity contribution in [3.8, 4) is 5.75 Å². The molecule has 0 aliphatic carbocycles. The number of rotatable bonds is 3. The summed E-state index contributed by atoms with van der Waals surface area (Å²) in [6.45, 7) is 0.639. The van der Waals surface area contributed by atoms with E-state index in [0.717, 1.165) is 17.7 Å². The number of carboxylic acid groups (broad SMARTS) is 1. The highest BCUT2D eigenvalue weighted by Gasteiger charge is 2.17. The molecule has 1 aliphatic heterocycles. The number of ether oxygens (including phenoxy) is 1. The Kier molecular flexibility index (Phi) is 2.59. The smallest absolute Gasteiger partial charge is 0.352 e. The van der Waals surface area contributed by atoms with E-state index in [4.69, 9.17) is 9.84 Å². The zero-order valence-corrected chi connectivity index (χ0v) is 9.97. The summed E-state index contributed by atoms with van der Waals surface area (Å²) < 4.78 is 5.38. The van der Waals surface area contributed by atoms with E-state index in [0.29, 0.717) is 17.7 Å². The van der Waals surface area contributed by atoms with Gasteiger partial charge in [-0.15, -0.1) is 0 Å². The Bertz CT molecular complexity index is 672. The fraction of sp³-hybridized carbons (Fsp3) is 0.143. The number of carboxylic acids is 1. The van der Waals surface area contributed by atoms with Crippen LogP contribution in [-0.4, -0.2) is 28.4 Å². The second-order valence-corrected chi connectivity index (χ2v) is 4.36. The molecular weight excluding hydrogens is 246 g/mol. The Morgan fingerprint density at radius 1 is 1.21 bits per heavy atom. The summed E-state index contributed by atoms with van der Waals surface area (Å²) in [5.41, 5.74) is 1.91. The lowest BCUT2D eigenvalue weighted by Crippen LogP contribution is -2.00. The van der Waals surface area contributed by atoms with Crippen LogP contribution in [0, 0.1) is 0 Å². The summed E-state index contributed by atoms with van der Waals surface area (Å²) in [7, 11) is 0. The van der Waals surface area contributed by atoms with Gasteiger partial charge in [0.05, 0.1) is 6.61 Å². The molecule has 0 amide bonds. The minimum Gasteiger partial charge on any atom is -0.493 e. The third kappa shape index (κ3) is 1.99. The van der Waals surface area contributed by atoms with E-state index in [9.17, 15) is 9.59 Å². The van der Waals surface area contributed by atoms with Crippen LogP contribution in [0.25, 0.3) is 0 Å². The maximum Gasteiger partial charge on any atom is 0.352 e. The van der Waals surface area contributed by atoms with Gasteiger partial charge < -0.3 is 14.8 Å². The fourth-order valence-electron chi connectivity index (χ4n) is 2.14. The lowest BCUT2D eigenvalue weighted by atomic mass is 10.0. The quantitative estimate of drug-likeness (QED) is 0.823. The van der Waals surface area contributed by atoms with E-state index in [1.807, 2.05) is 0 Å². The molecule has 2 heterocycles. The lowest BCUT2D eigenvalue weighted by Gasteiger charge is -2.02. The number of ketones is 1. The average molecular weight is 257 g/mol. The molecule has 0 bridgehead atoms. The predicted octanol–water partition coefficient (Wildman–Crippen LogP) is 1.88. The minimum atomic E-state index is -1.08. The Hall–Kier alpha value is -2.56. The summed E-state index contributed by atoms with van der Waals surface area (Å²) in [5.74, 6) is -0.461. The number of carbonyl (C=O) groups is 2. The Labute approximate surface area is 108 Å². The van der Waals surface area contributed by atoms with Crippen LogP contribution in [0.4, 0.5) is 0 Å². The largest absolute Gasteiger partial charge is 0.493 e. The lowest BCUT2D eigenvalue weighted by molar-refractivity contribution is 0.0691. The van der Waals surface area contributed by atoms with Gasteiger partial charge in [-0.3, -0.25) is 4.79 Å². The van der Waals surface area contributed by atoms with Gasteiger partial charge in [0.2, 0.25) is 0 Å². The number of aromatic nitrogens is 1. The number of fused-ring (bicyclic) bond motifs is 1. The predicted molar refractivity (Wildman–Crippen MR) is 66.8 cm³/mol. The van der Waals surface area contributed by atoms with Crippen molar-refractivity contribution < 1.29 is 19.4 Å². The van der Waals surface area contributed by atoms with Gasteiger partial charge in [-0.2, -0.15) is 0 Å². The third-order valence-electron chi connectivity index (χ3n) is 3.13. The molecule has 0 fully saturated rings. The monoisotopic (exact) mass is 257 g/mol. The van der Waals surface area contributed by atoms with Gasteiger partial charge in [0.25, 0.3) is 0 Å². The second kappa shape index (κ2) is 4.28. The summed E-state index contributed by atoms with van der Waals surface area (Å²) in [6, 6.07) is 6.62. The van der Waals surface area contributed by atoms with E-state index < -0.39 is 5.97 Å². The number of benzene rings is 1. The van der Waals surface area contributed by atoms with Gasteiger partial charge in [0.15, 0.2) is 5.78 Å². The van der Waals surface area contributed by atoms with Crippen LogP contribution in [0.15, 0.2) is 30.5 Å². The molecule has 0 unspecified atom stereocenters. The molecule has 2 aromatic rings. The first-order valence-corrected chi connectivity index (χ1v) is 5.87. The van der Waals surface area contributed by atoms with Gasteiger partial charge in [0, 0.05) is 23.7 Å². The van der Waals surface area contributed by atoms with Crippen LogP contribution in [0.5, 0.6) is 5.75 Å². The van der Waals surface area contributed by atoms with Crippen LogP contribution in [0.3, 0.4) is 0 Å². The molecule has 96 valence electrons. The molecule has 3 rings (SSSR count). The maximum absolute atomic E-state index is 12.2. The zero-order valence-electron chi connectivity index (χ0n) is 9.97. The van der Waals surface area contributed by atoms with Crippen LogP contribution in [0.2, 0.25) is 0 Å². The molecule has 2 N–H and O–H groups in total. The minimum absolute atomic E-state index is 0.00726. The molecule has 0 saturated carbocycles. The van der Waals surface area contributed by atoms with Gasteiger partial charge in [-0.05, 0) is 29.8 Å². The third-order valence-corrected chi connectivity index (χ3v) is 3.13. The van der Waals surface area contributed by atoms with Crippen LogP contribution in [0.1, 0.15) is 32.0 Å². The van der Waals surface area contributed by atoms with Crippen molar-refractivity contribution in [3.63, 3.8) is 0 Å². The van der Waals surface area contributed by atoms with E-state index in [1.165, 1.54) is 12.3 Å². The summed E-state index contributed by atoms with van der Waals surface area (Å²) >= 11 is 0. The Balaban J connectivity index is 1.92.